The molecule has 2 aromatic rings. The maximum atomic E-state index is 6.55. The van der Waals surface area contributed by atoms with Crippen LogP contribution >= 0.6 is 0 Å². The lowest BCUT2D eigenvalue weighted by Crippen LogP contribution is -2.28. The van der Waals surface area contributed by atoms with Crippen molar-refractivity contribution in [1.29, 1.82) is 0 Å². The molecule has 0 fully saturated rings. The molecular formula is C28H36O2. The second kappa shape index (κ2) is 8.49. The summed E-state index contributed by atoms with van der Waals surface area (Å²) in [6.07, 6.45) is 6.21. The van der Waals surface area contributed by atoms with E-state index in [2.05, 4.69) is 65.0 Å². The number of rotatable bonds is 5. The lowest BCUT2D eigenvalue weighted by atomic mass is 9.62. The van der Waals surface area contributed by atoms with Crippen LogP contribution in [0.25, 0.3) is 0 Å². The first-order valence-electron chi connectivity index (χ1n) is 11.5. The maximum Gasteiger partial charge on any atom is 0.165 e. The molecule has 2 aromatic carbocycles. The van der Waals surface area contributed by atoms with Crippen LogP contribution in [0.1, 0.15) is 92.5 Å². The number of allylic oxidation sites excluding steroid dienone is 2. The van der Waals surface area contributed by atoms with Gasteiger partial charge in [-0.1, -0.05) is 55.8 Å². The Morgan fingerprint density at radius 1 is 1.00 bits per heavy atom. The van der Waals surface area contributed by atoms with Crippen LogP contribution in [0.3, 0.4) is 0 Å². The van der Waals surface area contributed by atoms with Gasteiger partial charge < -0.3 is 9.47 Å². The molecule has 0 aliphatic heterocycles. The summed E-state index contributed by atoms with van der Waals surface area (Å²) < 4.78 is 12.6. The Bertz CT molecular complexity index is 937. The molecule has 4 atom stereocenters. The molecule has 0 spiro atoms. The van der Waals surface area contributed by atoms with E-state index in [1.807, 2.05) is 6.07 Å². The van der Waals surface area contributed by atoms with Gasteiger partial charge in [-0.3, -0.25) is 0 Å². The van der Waals surface area contributed by atoms with Crippen LogP contribution < -0.4 is 9.47 Å². The number of hydrogen-bond donors (Lipinski definition) is 0. The van der Waals surface area contributed by atoms with Crippen LogP contribution in [0.5, 0.6) is 11.5 Å². The van der Waals surface area contributed by atoms with E-state index in [-0.39, 0.29) is 0 Å². The molecule has 0 saturated heterocycles. The molecule has 30 heavy (non-hydrogen) atoms. The van der Waals surface area contributed by atoms with Crippen LogP contribution in [0.4, 0.5) is 0 Å². The second-order valence-electron chi connectivity index (χ2n) is 9.65. The zero-order chi connectivity index (χ0) is 21.4. The van der Waals surface area contributed by atoms with E-state index in [0.29, 0.717) is 30.3 Å². The van der Waals surface area contributed by atoms with Crippen LogP contribution in [-0.2, 0) is 6.61 Å². The molecule has 0 radical (unpaired) electrons. The van der Waals surface area contributed by atoms with Gasteiger partial charge in [0.15, 0.2) is 11.5 Å². The quantitative estimate of drug-likeness (QED) is 0.476. The van der Waals surface area contributed by atoms with Crippen LogP contribution in [-0.4, -0.2) is 7.11 Å². The van der Waals surface area contributed by atoms with Gasteiger partial charge in [0.25, 0.3) is 0 Å². The average molecular weight is 405 g/mol. The highest BCUT2D eigenvalue weighted by molar-refractivity contribution is 5.64. The van der Waals surface area contributed by atoms with Crippen molar-refractivity contribution in [2.24, 2.45) is 5.92 Å². The highest BCUT2D eigenvalue weighted by atomic mass is 16.5. The molecule has 4 rings (SSSR count). The molecule has 160 valence electrons. The summed E-state index contributed by atoms with van der Waals surface area (Å²) in [5, 5.41) is 0. The van der Waals surface area contributed by atoms with Gasteiger partial charge >= 0.3 is 0 Å². The molecule has 0 aromatic heterocycles. The standard InChI is InChI=1S/C28H36O2/c1-17(2)14-22-15-19(4)23-13-12-18(3)24-26(23)25(22)20(5)27(29-6)28(24)30-16-21-10-8-7-9-11-21/h7-11,14,18-19,22-23H,12-13,15-16H2,1-6H3/t18-,19-,22+,23+/m0/s1. The third kappa shape index (κ3) is 3.66. The van der Waals surface area contributed by atoms with E-state index in [1.54, 1.807) is 12.7 Å². The number of benzene rings is 2. The van der Waals surface area contributed by atoms with Crippen LogP contribution in [0, 0.1) is 12.8 Å². The smallest absolute Gasteiger partial charge is 0.165 e. The molecule has 0 saturated carbocycles. The van der Waals surface area contributed by atoms with Crippen molar-refractivity contribution >= 4 is 0 Å². The van der Waals surface area contributed by atoms with E-state index in [1.165, 1.54) is 47.1 Å². The van der Waals surface area contributed by atoms with E-state index >= 15 is 0 Å². The summed E-state index contributed by atoms with van der Waals surface area (Å²) in [6, 6.07) is 10.4. The summed E-state index contributed by atoms with van der Waals surface area (Å²) in [5.74, 6) is 4.22. The summed E-state index contributed by atoms with van der Waals surface area (Å²) in [5.41, 5.74) is 8.37. The minimum Gasteiger partial charge on any atom is -0.493 e. The van der Waals surface area contributed by atoms with Crippen molar-refractivity contribution in [2.45, 2.75) is 78.2 Å². The van der Waals surface area contributed by atoms with Crippen molar-refractivity contribution in [3.63, 3.8) is 0 Å². The van der Waals surface area contributed by atoms with Crippen molar-refractivity contribution in [1.82, 2.24) is 0 Å². The van der Waals surface area contributed by atoms with Crippen LogP contribution in [0.15, 0.2) is 42.0 Å². The van der Waals surface area contributed by atoms with Gasteiger partial charge in [-0.15, -0.1) is 0 Å². The topological polar surface area (TPSA) is 18.5 Å². The highest BCUT2D eigenvalue weighted by Gasteiger charge is 2.41. The molecule has 0 N–H and O–H groups in total. The largest absolute Gasteiger partial charge is 0.493 e. The van der Waals surface area contributed by atoms with Crippen molar-refractivity contribution < 1.29 is 9.47 Å². The van der Waals surface area contributed by atoms with Gasteiger partial charge in [0.2, 0.25) is 0 Å². The zero-order valence-corrected chi connectivity index (χ0v) is 19.4. The molecular weight excluding hydrogens is 368 g/mol. The third-order valence-corrected chi connectivity index (χ3v) is 7.20. The predicted molar refractivity (Wildman–Crippen MR) is 125 cm³/mol. The Balaban J connectivity index is 1.90. The molecule has 2 nitrogen and oxygen atoms in total. The van der Waals surface area contributed by atoms with Crippen molar-refractivity contribution in [2.75, 3.05) is 7.11 Å². The van der Waals surface area contributed by atoms with Gasteiger partial charge in [0.1, 0.15) is 6.61 Å². The Morgan fingerprint density at radius 3 is 2.40 bits per heavy atom. The van der Waals surface area contributed by atoms with Crippen molar-refractivity contribution in [3.05, 3.63) is 69.8 Å². The van der Waals surface area contributed by atoms with E-state index in [9.17, 15) is 0 Å². The van der Waals surface area contributed by atoms with Gasteiger partial charge in [0, 0.05) is 11.5 Å². The third-order valence-electron chi connectivity index (χ3n) is 7.20. The predicted octanol–water partition coefficient (Wildman–Crippen LogP) is 7.65. The average Bonchev–Trinajstić information content (AvgIpc) is 2.71. The lowest BCUT2D eigenvalue weighted by Gasteiger charge is -2.43. The maximum absolute atomic E-state index is 6.55. The number of methoxy groups -OCH3 is 1. The lowest BCUT2D eigenvalue weighted by molar-refractivity contribution is 0.267. The molecule has 0 bridgehead atoms. The SMILES string of the molecule is COc1c(C)c2c3c(c1OCc1ccccc1)[C@@H](C)CC[C@@H]3[C@@H](C)C[C@H]2C=C(C)C. The molecule has 2 aliphatic carbocycles. The Hall–Kier alpha value is -2.22. The fourth-order valence-electron chi connectivity index (χ4n) is 5.89. The second-order valence-corrected chi connectivity index (χ2v) is 9.65. The van der Waals surface area contributed by atoms with Gasteiger partial charge in [-0.05, 0) is 80.0 Å². The fraction of sp³-hybridized carbons (Fsp3) is 0.500. The molecule has 0 unspecified atom stereocenters. The van der Waals surface area contributed by atoms with Gasteiger partial charge in [-0.2, -0.15) is 0 Å². The summed E-state index contributed by atoms with van der Waals surface area (Å²) in [7, 11) is 1.79. The van der Waals surface area contributed by atoms with Crippen LogP contribution in [0.2, 0.25) is 0 Å². The molecule has 2 heteroatoms. The molecule has 0 heterocycles. The Morgan fingerprint density at radius 2 is 1.73 bits per heavy atom. The van der Waals surface area contributed by atoms with Crippen molar-refractivity contribution in [3.8, 4) is 11.5 Å². The Kier molecular flexibility index (Phi) is 5.95. The minimum atomic E-state index is 0.470. The van der Waals surface area contributed by atoms with E-state index in [0.717, 1.165) is 11.5 Å². The number of ether oxygens (including phenoxy) is 2. The van der Waals surface area contributed by atoms with Gasteiger partial charge in [0.05, 0.1) is 7.11 Å². The Labute approximate surface area is 182 Å². The first-order chi connectivity index (χ1) is 14.4. The summed E-state index contributed by atoms with van der Waals surface area (Å²) in [6.45, 7) is 12.1. The summed E-state index contributed by atoms with van der Waals surface area (Å²) >= 11 is 0. The molecule has 0 amide bonds. The fourth-order valence-corrected chi connectivity index (χ4v) is 5.89. The first kappa shape index (κ1) is 21.0. The zero-order valence-electron chi connectivity index (χ0n) is 19.4. The van der Waals surface area contributed by atoms with E-state index in [4.69, 9.17) is 9.47 Å². The van der Waals surface area contributed by atoms with Gasteiger partial charge in [-0.25, -0.2) is 0 Å². The first-order valence-corrected chi connectivity index (χ1v) is 11.5. The van der Waals surface area contributed by atoms with E-state index < -0.39 is 0 Å². The minimum absolute atomic E-state index is 0.470. The monoisotopic (exact) mass is 404 g/mol. The number of hydrogen-bond acceptors (Lipinski definition) is 2. The normalized spacial score (nSPS) is 24.7. The summed E-state index contributed by atoms with van der Waals surface area (Å²) in [4.78, 5) is 0. The molecule has 2 aliphatic rings. The highest BCUT2D eigenvalue weighted by Crippen LogP contribution is 2.58.